The number of anilines is 1. The van der Waals surface area contributed by atoms with Crippen LogP contribution in [0.3, 0.4) is 0 Å². The van der Waals surface area contributed by atoms with Crippen molar-refractivity contribution in [2.24, 2.45) is 0 Å². The van der Waals surface area contributed by atoms with E-state index in [1.165, 1.54) is 23.5 Å². The molecule has 1 aliphatic heterocycles. The van der Waals surface area contributed by atoms with Gasteiger partial charge in [-0.05, 0) is 54.8 Å². The zero-order chi connectivity index (χ0) is 22.5. The van der Waals surface area contributed by atoms with Gasteiger partial charge in [-0.15, -0.1) is 10.2 Å². The van der Waals surface area contributed by atoms with Crippen molar-refractivity contribution in [3.8, 4) is 0 Å². The molecule has 0 spiro atoms. The summed E-state index contributed by atoms with van der Waals surface area (Å²) in [6, 6.07) is 12.7. The molecule has 0 bridgehead atoms. The standard InChI is InChI=1S/C22H21ClFN5O2S/c23-16-5-9-18(10-6-16)26-19(30)21-28-27-20(32-21)15-2-1-11-29(13-15)22(31)25-12-14-3-7-17(24)8-4-14/h3-10,15H,1-2,11-13H2,(H,25,31)(H,26,30)/t15-/m0/s1. The van der Waals surface area contributed by atoms with E-state index < -0.39 is 0 Å². The SMILES string of the molecule is O=C(Nc1ccc(Cl)cc1)c1nnc([C@H]2CCCN(C(=O)NCc3ccc(F)cc3)C2)s1. The first-order valence-corrected chi connectivity index (χ1v) is 11.3. The molecule has 0 radical (unpaired) electrons. The average molecular weight is 474 g/mol. The molecular formula is C22H21ClFN5O2S. The summed E-state index contributed by atoms with van der Waals surface area (Å²) in [5.41, 5.74) is 1.45. The minimum atomic E-state index is -0.333. The summed E-state index contributed by atoms with van der Waals surface area (Å²) in [4.78, 5) is 26.8. The van der Waals surface area contributed by atoms with E-state index in [0.717, 1.165) is 23.4 Å². The lowest BCUT2D eigenvalue weighted by Crippen LogP contribution is -2.44. The first kappa shape index (κ1) is 22.2. The first-order chi connectivity index (χ1) is 15.5. The number of amides is 3. The first-order valence-electron chi connectivity index (χ1n) is 10.2. The number of benzene rings is 2. The van der Waals surface area contributed by atoms with Gasteiger partial charge in [-0.1, -0.05) is 35.1 Å². The Hall–Kier alpha value is -3.04. The largest absolute Gasteiger partial charge is 0.334 e. The Kier molecular flexibility index (Phi) is 6.96. The Morgan fingerprint density at radius 2 is 1.88 bits per heavy atom. The summed E-state index contributed by atoms with van der Waals surface area (Å²) in [6.07, 6.45) is 1.70. The number of hydrogen-bond donors (Lipinski definition) is 2. The molecule has 4 rings (SSSR count). The molecule has 1 aliphatic rings. The van der Waals surface area contributed by atoms with Crippen molar-refractivity contribution >= 4 is 40.6 Å². The zero-order valence-corrected chi connectivity index (χ0v) is 18.6. The lowest BCUT2D eigenvalue weighted by Gasteiger charge is -2.31. The van der Waals surface area contributed by atoms with Gasteiger partial charge in [0.25, 0.3) is 5.91 Å². The van der Waals surface area contributed by atoms with Crippen LogP contribution in [0.2, 0.25) is 5.02 Å². The number of nitrogens with one attached hydrogen (secondary N) is 2. The summed E-state index contributed by atoms with van der Waals surface area (Å²) < 4.78 is 13.0. The highest BCUT2D eigenvalue weighted by Crippen LogP contribution is 2.29. The fourth-order valence-corrected chi connectivity index (χ4v) is 4.45. The van der Waals surface area contributed by atoms with Crippen LogP contribution < -0.4 is 10.6 Å². The monoisotopic (exact) mass is 473 g/mol. The van der Waals surface area contributed by atoms with Crippen LogP contribution in [0.15, 0.2) is 48.5 Å². The van der Waals surface area contributed by atoms with Crippen molar-refractivity contribution < 1.29 is 14.0 Å². The van der Waals surface area contributed by atoms with Gasteiger partial charge in [0.05, 0.1) is 0 Å². The fourth-order valence-electron chi connectivity index (χ4n) is 3.46. The van der Waals surface area contributed by atoms with Gasteiger partial charge >= 0.3 is 6.03 Å². The number of likely N-dealkylation sites (tertiary alicyclic amines) is 1. The van der Waals surface area contributed by atoms with Gasteiger partial charge in [0.15, 0.2) is 0 Å². The highest BCUT2D eigenvalue weighted by atomic mass is 35.5. The average Bonchev–Trinajstić information content (AvgIpc) is 3.31. The maximum absolute atomic E-state index is 13.0. The number of aromatic nitrogens is 2. The van der Waals surface area contributed by atoms with E-state index in [0.29, 0.717) is 30.3 Å². The third-order valence-electron chi connectivity index (χ3n) is 5.15. The predicted octanol–water partition coefficient (Wildman–Crippen LogP) is 4.67. The zero-order valence-electron chi connectivity index (χ0n) is 17.1. The minimum absolute atomic E-state index is 0.0231. The molecule has 1 atom stereocenters. The van der Waals surface area contributed by atoms with E-state index in [4.69, 9.17) is 11.6 Å². The van der Waals surface area contributed by atoms with Crippen molar-refractivity contribution in [2.75, 3.05) is 18.4 Å². The molecule has 0 aliphatic carbocycles. The number of halogens is 2. The molecule has 3 amide bonds. The van der Waals surface area contributed by atoms with Crippen molar-refractivity contribution in [3.63, 3.8) is 0 Å². The molecular weight excluding hydrogens is 453 g/mol. The van der Waals surface area contributed by atoms with Gasteiger partial charge in [0.2, 0.25) is 5.01 Å². The molecule has 1 fully saturated rings. The summed E-state index contributed by atoms with van der Waals surface area (Å²) >= 11 is 7.11. The summed E-state index contributed by atoms with van der Waals surface area (Å²) in [6.45, 7) is 1.48. The number of carbonyl (C=O) groups is 2. The van der Waals surface area contributed by atoms with Crippen LogP contribution in [-0.4, -0.2) is 40.1 Å². The van der Waals surface area contributed by atoms with Crippen LogP contribution in [-0.2, 0) is 6.54 Å². The van der Waals surface area contributed by atoms with Crippen LogP contribution in [0, 0.1) is 5.82 Å². The smallest absolute Gasteiger partial charge is 0.317 e. The molecule has 3 aromatic rings. The molecule has 2 heterocycles. The highest BCUT2D eigenvalue weighted by molar-refractivity contribution is 7.13. The molecule has 2 N–H and O–H groups in total. The van der Waals surface area contributed by atoms with Crippen molar-refractivity contribution in [2.45, 2.75) is 25.3 Å². The topological polar surface area (TPSA) is 87.2 Å². The summed E-state index contributed by atoms with van der Waals surface area (Å²) in [7, 11) is 0. The number of urea groups is 1. The lowest BCUT2D eigenvalue weighted by molar-refractivity contribution is 0.102. The molecule has 1 saturated heterocycles. The quantitative estimate of drug-likeness (QED) is 0.563. The Morgan fingerprint density at radius 1 is 1.12 bits per heavy atom. The number of carbonyl (C=O) groups excluding carboxylic acids is 2. The second kappa shape index (κ2) is 10.1. The number of rotatable bonds is 5. The number of piperidine rings is 1. The van der Waals surface area contributed by atoms with Gasteiger partial charge in [0.1, 0.15) is 10.8 Å². The van der Waals surface area contributed by atoms with Crippen LogP contribution in [0.5, 0.6) is 0 Å². The van der Waals surface area contributed by atoms with Crippen LogP contribution >= 0.6 is 22.9 Å². The Bertz CT molecular complexity index is 1090. The third-order valence-corrected chi connectivity index (χ3v) is 6.49. The lowest BCUT2D eigenvalue weighted by atomic mass is 9.99. The van der Waals surface area contributed by atoms with Crippen LogP contribution in [0.25, 0.3) is 0 Å². The molecule has 10 heteroatoms. The van der Waals surface area contributed by atoms with Gasteiger partial charge in [0, 0.05) is 36.3 Å². The maximum Gasteiger partial charge on any atom is 0.317 e. The molecule has 7 nitrogen and oxygen atoms in total. The van der Waals surface area contributed by atoms with Crippen molar-refractivity contribution in [1.29, 1.82) is 0 Å². The molecule has 1 aromatic heterocycles. The minimum Gasteiger partial charge on any atom is -0.334 e. The van der Waals surface area contributed by atoms with Gasteiger partial charge in [-0.25, -0.2) is 9.18 Å². The number of nitrogens with zero attached hydrogens (tertiary/aromatic N) is 3. The van der Waals surface area contributed by atoms with E-state index in [1.54, 1.807) is 41.3 Å². The Balaban J connectivity index is 1.33. The second-order valence-electron chi connectivity index (χ2n) is 7.48. The normalized spacial score (nSPS) is 15.9. The van der Waals surface area contributed by atoms with E-state index in [9.17, 15) is 14.0 Å². The predicted molar refractivity (Wildman–Crippen MR) is 121 cm³/mol. The van der Waals surface area contributed by atoms with E-state index in [1.807, 2.05) is 0 Å². The van der Waals surface area contributed by atoms with Gasteiger partial charge in [-0.3, -0.25) is 4.79 Å². The van der Waals surface area contributed by atoms with Crippen molar-refractivity contribution in [3.05, 3.63) is 74.9 Å². The van der Waals surface area contributed by atoms with Crippen LogP contribution in [0.4, 0.5) is 14.9 Å². The second-order valence-corrected chi connectivity index (χ2v) is 8.92. The summed E-state index contributed by atoms with van der Waals surface area (Å²) in [5, 5.41) is 15.5. The third kappa shape index (κ3) is 5.60. The molecule has 32 heavy (non-hydrogen) atoms. The molecule has 0 saturated carbocycles. The van der Waals surface area contributed by atoms with Crippen molar-refractivity contribution in [1.82, 2.24) is 20.4 Å². The summed E-state index contributed by atoms with van der Waals surface area (Å²) in [5.74, 6) is -0.618. The van der Waals surface area contributed by atoms with E-state index in [-0.39, 0.29) is 28.7 Å². The molecule has 166 valence electrons. The van der Waals surface area contributed by atoms with E-state index in [2.05, 4.69) is 20.8 Å². The molecule has 0 unspecified atom stereocenters. The highest BCUT2D eigenvalue weighted by Gasteiger charge is 2.28. The Labute approximate surface area is 193 Å². The Morgan fingerprint density at radius 3 is 2.62 bits per heavy atom. The van der Waals surface area contributed by atoms with E-state index >= 15 is 0 Å². The van der Waals surface area contributed by atoms with Gasteiger partial charge in [-0.2, -0.15) is 0 Å². The molecule has 2 aromatic carbocycles. The van der Waals surface area contributed by atoms with Crippen LogP contribution in [0.1, 0.15) is 39.1 Å². The van der Waals surface area contributed by atoms with Gasteiger partial charge < -0.3 is 15.5 Å². The number of hydrogen-bond acceptors (Lipinski definition) is 5. The maximum atomic E-state index is 13.0. The fraction of sp³-hybridized carbons (Fsp3) is 0.273.